The summed E-state index contributed by atoms with van der Waals surface area (Å²) < 4.78 is 1.70. The normalized spacial score (nSPS) is 11.0. The molecule has 0 aliphatic rings. The fraction of sp³-hybridized carbons (Fsp3) is 0.0667. The molecule has 1 amide bonds. The number of amides is 1. The number of carbonyl (C=O) groups is 1. The van der Waals surface area contributed by atoms with Crippen molar-refractivity contribution in [3.8, 4) is 6.07 Å². The minimum atomic E-state index is -0.819. The van der Waals surface area contributed by atoms with Crippen LogP contribution in [0.25, 0.3) is 6.08 Å². The third-order valence-electron chi connectivity index (χ3n) is 3.07. The first-order valence-corrected chi connectivity index (χ1v) is 6.32. The van der Waals surface area contributed by atoms with Crippen molar-refractivity contribution in [1.29, 1.82) is 5.26 Å². The maximum Gasteiger partial charge on any atom is 0.274 e. The summed E-state index contributed by atoms with van der Waals surface area (Å²) in [6.45, 7) is 0.244. The highest BCUT2D eigenvalue weighted by atomic mass is 16.6. The summed E-state index contributed by atoms with van der Waals surface area (Å²) >= 11 is 0. The van der Waals surface area contributed by atoms with Crippen molar-refractivity contribution in [3.05, 3.63) is 69.5 Å². The molecule has 0 saturated heterocycles. The van der Waals surface area contributed by atoms with Gasteiger partial charge in [0, 0.05) is 23.5 Å². The van der Waals surface area contributed by atoms with E-state index in [4.69, 9.17) is 11.0 Å². The Morgan fingerprint density at radius 2 is 2.09 bits per heavy atom. The molecular weight excluding hydrogens is 284 g/mol. The van der Waals surface area contributed by atoms with E-state index in [1.54, 1.807) is 47.2 Å². The molecule has 7 nitrogen and oxygen atoms in total. The molecule has 2 aromatic rings. The Bertz CT molecular complexity index is 799. The topological polar surface area (TPSA) is 115 Å². The summed E-state index contributed by atoms with van der Waals surface area (Å²) in [5, 5.41) is 19.9. The number of nitrogens with zero attached hydrogens (tertiary/aromatic N) is 3. The first kappa shape index (κ1) is 15.0. The molecular formula is C15H12N4O3. The summed E-state index contributed by atoms with van der Waals surface area (Å²) in [4.78, 5) is 21.7. The van der Waals surface area contributed by atoms with Gasteiger partial charge in [0.2, 0.25) is 0 Å². The van der Waals surface area contributed by atoms with Crippen molar-refractivity contribution in [1.82, 2.24) is 4.57 Å². The number of aromatic nitrogens is 1. The maximum absolute atomic E-state index is 11.1. The minimum absolute atomic E-state index is 0.0153. The number of benzene rings is 1. The molecule has 2 N–H and O–H groups in total. The van der Waals surface area contributed by atoms with E-state index in [-0.39, 0.29) is 17.8 Å². The number of primary amides is 1. The average molecular weight is 296 g/mol. The van der Waals surface area contributed by atoms with Crippen LogP contribution in [0.1, 0.15) is 11.3 Å². The van der Waals surface area contributed by atoms with E-state index in [0.717, 1.165) is 0 Å². The zero-order valence-electron chi connectivity index (χ0n) is 11.5. The van der Waals surface area contributed by atoms with Gasteiger partial charge in [-0.3, -0.25) is 14.9 Å². The van der Waals surface area contributed by atoms with Crippen LogP contribution in [0.15, 0.2) is 48.2 Å². The van der Waals surface area contributed by atoms with Gasteiger partial charge in [0.05, 0.1) is 11.5 Å². The highest BCUT2D eigenvalue weighted by Gasteiger charge is 2.13. The molecule has 0 bridgehead atoms. The molecule has 0 radical (unpaired) electrons. The Morgan fingerprint density at radius 1 is 1.36 bits per heavy atom. The standard InChI is InChI=1S/C15H12N4O3/c16-9-12(15(17)20)8-13-5-3-7-18(13)10-11-4-1-2-6-14(11)19(21)22/h1-8H,10H2,(H2,17,20). The SMILES string of the molecule is N#CC(=Cc1cccn1Cc1ccccc1[N+](=O)[O-])C(N)=O. The first-order valence-electron chi connectivity index (χ1n) is 6.32. The van der Waals surface area contributed by atoms with Crippen molar-refractivity contribution in [3.63, 3.8) is 0 Å². The molecule has 1 aromatic carbocycles. The summed E-state index contributed by atoms with van der Waals surface area (Å²) in [7, 11) is 0. The summed E-state index contributed by atoms with van der Waals surface area (Å²) in [5.74, 6) is -0.819. The molecule has 0 aliphatic carbocycles. The number of para-hydroxylation sites is 1. The number of hydrogen-bond donors (Lipinski definition) is 1. The summed E-state index contributed by atoms with van der Waals surface area (Å²) in [6.07, 6.45) is 3.07. The highest BCUT2D eigenvalue weighted by Crippen LogP contribution is 2.20. The van der Waals surface area contributed by atoms with Crippen molar-refractivity contribution >= 4 is 17.7 Å². The van der Waals surface area contributed by atoms with Crippen LogP contribution in [-0.4, -0.2) is 15.4 Å². The van der Waals surface area contributed by atoms with E-state index >= 15 is 0 Å². The molecule has 110 valence electrons. The van der Waals surface area contributed by atoms with Crippen LogP contribution in [0.3, 0.4) is 0 Å². The van der Waals surface area contributed by atoms with E-state index in [2.05, 4.69) is 0 Å². The molecule has 0 aliphatic heterocycles. The van der Waals surface area contributed by atoms with Crippen molar-refractivity contribution in [2.45, 2.75) is 6.54 Å². The number of carbonyl (C=O) groups excluding carboxylic acids is 1. The van der Waals surface area contributed by atoms with Gasteiger partial charge < -0.3 is 10.3 Å². The van der Waals surface area contributed by atoms with E-state index in [1.807, 2.05) is 0 Å². The number of nitro benzene ring substituents is 1. The fourth-order valence-electron chi connectivity index (χ4n) is 2.01. The molecule has 0 fully saturated rings. The minimum Gasteiger partial charge on any atom is -0.365 e. The third-order valence-corrected chi connectivity index (χ3v) is 3.07. The quantitative estimate of drug-likeness (QED) is 0.392. The van der Waals surface area contributed by atoms with Crippen LogP contribution in [-0.2, 0) is 11.3 Å². The maximum atomic E-state index is 11.1. The highest BCUT2D eigenvalue weighted by molar-refractivity contribution is 6.00. The van der Waals surface area contributed by atoms with Crippen molar-refractivity contribution in [2.24, 2.45) is 5.73 Å². The lowest BCUT2D eigenvalue weighted by Gasteiger charge is -2.07. The lowest BCUT2D eigenvalue weighted by atomic mass is 10.1. The Kier molecular flexibility index (Phi) is 4.34. The molecule has 1 aromatic heterocycles. The van der Waals surface area contributed by atoms with Crippen LogP contribution < -0.4 is 5.73 Å². The van der Waals surface area contributed by atoms with E-state index in [1.165, 1.54) is 12.1 Å². The van der Waals surface area contributed by atoms with E-state index in [0.29, 0.717) is 11.3 Å². The smallest absolute Gasteiger partial charge is 0.274 e. The number of rotatable bonds is 5. The van der Waals surface area contributed by atoms with Gasteiger partial charge in [-0.1, -0.05) is 18.2 Å². The van der Waals surface area contributed by atoms with Gasteiger partial charge in [-0.2, -0.15) is 5.26 Å². The molecule has 2 rings (SSSR count). The predicted molar refractivity (Wildman–Crippen MR) is 79.4 cm³/mol. The molecule has 7 heteroatoms. The van der Waals surface area contributed by atoms with Crippen LogP contribution in [0.2, 0.25) is 0 Å². The summed E-state index contributed by atoms with van der Waals surface area (Å²) in [6, 6.07) is 11.5. The van der Waals surface area contributed by atoms with Gasteiger partial charge in [-0.25, -0.2) is 0 Å². The largest absolute Gasteiger partial charge is 0.365 e. The Hall–Kier alpha value is -3.40. The molecule has 0 unspecified atom stereocenters. The lowest BCUT2D eigenvalue weighted by Crippen LogP contribution is -2.13. The van der Waals surface area contributed by atoms with Crippen LogP contribution in [0.5, 0.6) is 0 Å². The lowest BCUT2D eigenvalue weighted by molar-refractivity contribution is -0.385. The van der Waals surface area contributed by atoms with Gasteiger partial charge in [0.25, 0.3) is 11.6 Å². The summed E-state index contributed by atoms with van der Waals surface area (Å²) in [5.41, 5.74) is 6.03. The molecule has 1 heterocycles. The van der Waals surface area contributed by atoms with Gasteiger partial charge in [-0.15, -0.1) is 0 Å². The van der Waals surface area contributed by atoms with Crippen LogP contribution >= 0.6 is 0 Å². The number of hydrogen-bond acceptors (Lipinski definition) is 4. The molecule has 22 heavy (non-hydrogen) atoms. The van der Waals surface area contributed by atoms with Gasteiger partial charge in [0.15, 0.2) is 0 Å². The van der Waals surface area contributed by atoms with Gasteiger partial charge in [-0.05, 0) is 18.2 Å². The second-order valence-electron chi connectivity index (χ2n) is 4.48. The Balaban J connectivity index is 2.38. The number of nitro groups is 1. The molecule has 0 saturated carbocycles. The van der Waals surface area contributed by atoms with Crippen LogP contribution in [0, 0.1) is 21.4 Å². The third kappa shape index (κ3) is 3.19. The zero-order chi connectivity index (χ0) is 16.1. The van der Waals surface area contributed by atoms with Gasteiger partial charge in [0.1, 0.15) is 11.6 Å². The number of nitriles is 1. The molecule has 0 atom stereocenters. The monoisotopic (exact) mass is 296 g/mol. The van der Waals surface area contributed by atoms with E-state index < -0.39 is 10.8 Å². The second kappa shape index (κ2) is 6.37. The number of nitrogens with two attached hydrogens (primary N) is 1. The fourth-order valence-corrected chi connectivity index (χ4v) is 2.01. The van der Waals surface area contributed by atoms with Crippen molar-refractivity contribution < 1.29 is 9.72 Å². The zero-order valence-corrected chi connectivity index (χ0v) is 11.5. The van der Waals surface area contributed by atoms with Crippen LogP contribution in [0.4, 0.5) is 5.69 Å². The average Bonchev–Trinajstić information content (AvgIpc) is 2.91. The van der Waals surface area contributed by atoms with Gasteiger partial charge >= 0.3 is 0 Å². The predicted octanol–water partition coefficient (Wildman–Crippen LogP) is 1.84. The van der Waals surface area contributed by atoms with E-state index in [9.17, 15) is 14.9 Å². The Morgan fingerprint density at radius 3 is 2.73 bits per heavy atom. The molecule has 0 spiro atoms. The Labute approximate surface area is 126 Å². The second-order valence-corrected chi connectivity index (χ2v) is 4.48. The van der Waals surface area contributed by atoms with Crippen molar-refractivity contribution in [2.75, 3.05) is 0 Å². The first-order chi connectivity index (χ1) is 10.5.